The maximum Gasteiger partial charge on any atom is 0.106 e. The van der Waals surface area contributed by atoms with Gasteiger partial charge in [-0.25, -0.2) is 0 Å². The summed E-state index contributed by atoms with van der Waals surface area (Å²) < 4.78 is 0. The van der Waals surface area contributed by atoms with Gasteiger partial charge >= 0.3 is 0 Å². The average molecular weight is 436 g/mol. The Labute approximate surface area is 190 Å². The van der Waals surface area contributed by atoms with E-state index in [1.807, 2.05) is 57.2 Å². The third-order valence-corrected chi connectivity index (χ3v) is 4.64. The summed E-state index contributed by atoms with van der Waals surface area (Å²) in [4.78, 5) is 23.3. The van der Waals surface area contributed by atoms with E-state index in [-0.39, 0.29) is 0 Å². The second-order valence-electron chi connectivity index (χ2n) is 6.37. The van der Waals surface area contributed by atoms with E-state index in [4.69, 9.17) is 15.9 Å². The van der Waals surface area contributed by atoms with E-state index in [9.17, 15) is 0 Å². The van der Waals surface area contributed by atoms with Crippen LogP contribution < -0.4 is 16.4 Å². The lowest BCUT2D eigenvalue weighted by Gasteiger charge is -2.17. The first-order valence-corrected chi connectivity index (χ1v) is 10.6. The number of nitrogens with zero attached hydrogens (tertiary/aromatic N) is 4. The van der Waals surface area contributed by atoms with Crippen LogP contribution in [0.3, 0.4) is 0 Å². The van der Waals surface area contributed by atoms with E-state index in [1.54, 1.807) is 18.6 Å². The number of carbonyl (C=O) groups excluding carboxylic acids is 1. The van der Waals surface area contributed by atoms with Gasteiger partial charge < -0.3 is 21.2 Å². The largest absolute Gasteiger partial charge is 0.397 e. The van der Waals surface area contributed by atoms with Gasteiger partial charge in [0.1, 0.15) is 6.79 Å². The molecule has 0 spiro atoms. The minimum absolute atomic E-state index is 0.294. The normalized spacial score (nSPS) is 11.7. The SMILES string of the molecule is C=O.CC.CN.N=C(c1ccc(N2CCCC2)cn1)c1cc(-c2cccnc2)ncc1N. The molecule has 1 fully saturated rings. The van der Waals surface area contributed by atoms with Gasteiger partial charge in [-0.1, -0.05) is 13.8 Å². The molecule has 0 atom stereocenters. The highest BCUT2D eigenvalue weighted by Crippen LogP contribution is 2.24. The molecule has 0 bridgehead atoms. The van der Waals surface area contributed by atoms with Crippen LogP contribution in [0, 0.1) is 5.41 Å². The molecule has 3 aromatic rings. The van der Waals surface area contributed by atoms with Crippen molar-refractivity contribution in [2.24, 2.45) is 5.73 Å². The Hall–Kier alpha value is -3.65. The van der Waals surface area contributed by atoms with Gasteiger partial charge in [0.25, 0.3) is 0 Å². The maximum atomic E-state index is 8.55. The highest BCUT2D eigenvalue weighted by Gasteiger charge is 2.15. The van der Waals surface area contributed by atoms with Crippen LogP contribution in [0.4, 0.5) is 11.4 Å². The molecule has 3 aromatic heterocycles. The first-order chi connectivity index (χ1) is 15.7. The monoisotopic (exact) mass is 435 g/mol. The van der Waals surface area contributed by atoms with E-state index in [2.05, 4.69) is 25.6 Å². The fraction of sp³-hybridized carbons (Fsp3) is 0.292. The molecule has 0 radical (unpaired) electrons. The number of anilines is 2. The van der Waals surface area contributed by atoms with Gasteiger partial charge in [-0.3, -0.25) is 20.4 Å². The van der Waals surface area contributed by atoms with Crippen LogP contribution >= 0.6 is 0 Å². The molecule has 4 heterocycles. The van der Waals surface area contributed by atoms with Gasteiger partial charge in [0, 0.05) is 36.6 Å². The Bertz CT molecular complexity index is 940. The number of carbonyl (C=O) groups is 1. The van der Waals surface area contributed by atoms with E-state index in [0.717, 1.165) is 30.0 Å². The highest BCUT2D eigenvalue weighted by atomic mass is 16.1. The number of aromatic nitrogens is 3. The molecule has 0 aliphatic carbocycles. The Balaban J connectivity index is 0.000000789. The molecule has 1 saturated heterocycles. The van der Waals surface area contributed by atoms with Crippen LogP contribution in [0.2, 0.25) is 0 Å². The number of nitrogens with one attached hydrogen (secondary N) is 1. The predicted octanol–water partition coefficient (Wildman–Crippen LogP) is 3.55. The molecular weight excluding hydrogens is 402 g/mol. The number of pyridine rings is 3. The average Bonchev–Trinajstić information content (AvgIpc) is 3.43. The van der Waals surface area contributed by atoms with Crippen molar-refractivity contribution in [1.29, 1.82) is 5.41 Å². The lowest BCUT2D eigenvalue weighted by molar-refractivity contribution is -0.0979. The zero-order chi connectivity index (χ0) is 23.9. The molecule has 0 unspecified atom stereocenters. The fourth-order valence-corrected chi connectivity index (χ4v) is 3.19. The third-order valence-electron chi connectivity index (χ3n) is 4.64. The first kappa shape index (κ1) is 26.4. The van der Waals surface area contributed by atoms with Crippen LogP contribution in [0.5, 0.6) is 0 Å². The van der Waals surface area contributed by atoms with E-state index in [1.165, 1.54) is 19.9 Å². The minimum Gasteiger partial charge on any atom is -0.397 e. The van der Waals surface area contributed by atoms with Gasteiger partial charge in [-0.15, -0.1) is 0 Å². The first-order valence-electron chi connectivity index (χ1n) is 10.6. The van der Waals surface area contributed by atoms with Crippen LogP contribution in [0.25, 0.3) is 11.3 Å². The fourth-order valence-electron chi connectivity index (χ4n) is 3.19. The molecule has 4 rings (SSSR count). The topological polar surface area (TPSA) is 135 Å². The molecule has 0 amide bonds. The summed E-state index contributed by atoms with van der Waals surface area (Å²) in [6.45, 7) is 8.15. The van der Waals surface area contributed by atoms with Crippen molar-refractivity contribution in [3.05, 3.63) is 66.4 Å². The number of nitrogens with two attached hydrogens (primary N) is 2. The van der Waals surface area contributed by atoms with Crippen molar-refractivity contribution in [3.63, 3.8) is 0 Å². The van der Waals surface area contributed by atoms with Crippen molar-refractivity contribution < 1.29 is 4.79 Å². The molecular formula is C24H33N7O. The molecule has 1 aliphatic rings. The number of hydrogen-bond donors (Lipinski definition) is 3. The molecule has 8 nitrogen and oxygen atoms in total. The van der Waals surface area contributed by atoms with Crippen LogP contribution in [0.15, 0.2) is 55.1 Å². The summed E-state index contributed by atoms with van der Waals surface area (Å²) in [5, 5.41) is 8.55. The Morgan fingerprint density at radius 1 is 1.03 bits per heavy atom. The predicted molar refractivity (Wildman–Crippen MR) is 132 cm³/mol. The van der Waals surface area contributed by atoms with Crippen molar-refractivity contribution in [2.45, 2.75) is 26.7 Å². The Morgan fingerprint density at radius 2 is 1.72 bits per heavy atom. The summed E-state index contributed by atoms with van der Waals surface area (Å²) in [7, 11) is 1.50. The molecule has 0 saturated carbocycles. The van der Waals surface area contributed by atoms with Crippen LogP contribution in [-0.2, 0) is 4.79 Å². The lowest BCUT2D eigenvalue weighted by Crippen LogP contribution is -2.18. The van der Waals surface area contributed by atoms with Crippen LogP contribution in [-0.4, -0.2) is 47.6 Å². The Morgan fingerprint density at radius 3 is 2.28 bits per heavy atom. The quantitative estimate of drug-likeness (QED) is 0.533. The second-order valence-corrected chi connectivity index (χ2v) is 6.37. The van der Waals surface area contributed by atoms with Gasteiger partial charge in [0.15, 0.2) is 0 Å². The number of hydrogen-bond acceptors (Lipinski definition) is 8. The van der Waals surface area contributed by atoms with E-state index in [0.29, 0.717) is 22.7 Å². The summed E-state index contributed by atoms with van der Waals surface area (Å²) in [6.07, 6.45) is 9.34. The van der Waals surface area contributed by atoms with Crippen molar-refractivity contribution in [3.8, 4) is 11.3 Å². The number of nitrogen functional groups attached to an aromatic ring is 1. The zero-order valence-corrected chi connectivity index (χ0v) is 19.1. The molecule has 1 aliphatic heterocycles. The van der Waals surface area contributed by atoms with E-state index < -0.39 is 0 Å². The van der Waals surface area contributed by atoms with Gasteiger partial charge in [0.05, 0.1) is 40.9 Å². The highest BCUT2D eigenvalue weighted by molar-refractivity contribution is 6.13. The van der Waals surface area contributed by atoms with Crippen molar-refractivity contribution in [2.75, 3.05) is 30.8 Å². The third kappa shape index (κ3) is 6.68. The van der Waals surface area contributed by atoms with Gasteiger partial charge in [-0.2, -0.15) is 0 Å². The molecule has 0 aromatic carbocycles. The summed E-state index contributed by atoms with van der Waals surface area (Å²) in [5.74, 6) is 0. The standard InChI is InChI=1S/C20H20N6.C2H6.CH5N.CH2O/c21-17-13-25-19(14-4-3-7-23-11-14)10-16(17)20(22)18-6-5-15(12-24-18)26-8-1-2-9-26;3*1-2/h3-7,10-13,22H,1-2,8-9,21H2;1-2H3;2H2,1H3;1H2. The van der Waals surface area contributed by atoms with Gasteiger partial charge in [-0.05, 0) is 50.2 Å². The Kier molecular flexibility index (Phi) is 11.9. The maximum absolute atomic E-state index is 8.55. The smallest absolute Gasteiger partial charge is 0.106 e. The molecule has 5 N–H and O–H groups in total. The molecule has 8 heteroatoms. The second kappa shape index (κ2) is 14.4. The van der Waals surface area contributed by atoms with E-state index >= 15 is 0 Å². The van der Waals surface area contributed by atoms with Crippen molar-refractivity contribution >= 4 is 23.9 Å². The summed E-state index contributed by atoms with van der Waals surface area (Å²) in [5.41, 5.74) is 15.3. The molecule has 170 valence electrons. The lowest BCUT2D eigenvalue weighted by atomic mass is 10.0. The van der Waals surface area contributed by atoms with Crippen molar-refractivity contribution in [1.82, 2.24) is 15.0 Å². The number of rotatable bonds is 4. The molecule has 32 heavy (non-hydrogen) atoms. The van der Waals surface area contributed by atoms with Crippen LogP contribution in [0.1, 0.15) is 37.9 Å². The summed E-state index contributed by atoms with van der Waals surface area (Å²) in [6, 6.07) is 9.53. The zero-order valence-electron chi connectivity index (χ0n) is 19.1. The summed E-state index contributed by atoms with van der Waals surface area (Å²) >= 11 is 0. The van der Waals surface area contributed by atoms with Gasteiger partial charge in [0.2, 0.25) is 0 Å². The minimum atomic E-state index is 0.294.